The molecule has 0 aromatic carbocycles. The molecule has 0 saturated heterocycles. The standard InChI is InChI=1S/CH2O2.6H2O.Zn/c2-1-3;;;;;;;/h1H,(H,2,3);6*1H2;. The summed E-state index contributed by atoms with van der Waals surface area (Å²) in [5.41, 5.74) is 0. The van der Waals surface area contributed by atoms with E-state index in [4.69, 9.17) is 9.90 Å². The third kappa shape index (κ3) is 17200. The van der Waals surface area contributed by atoms with Gasteiger partial charge in [0.25, 0.3) is 6.47 Å². The monoisotopic (exact) mass is 218 g/mol. The first-order valence-corrected chi connectivity index (χ1v) is 0.494. The van der Waals surface area contributed by atoms with Gasteiger partial charge in [-0.25, -0.2) is 0 Å². The van der Waals surface area contributed by atoms with Crippen LogP contribution in [0.5, 0.6) is 0 Å². The molecule has 0 atom stereocenters. The first-order valence-electron chi connectivity index (χ1n) is 0.494. The molecule has 0 radical (unpaired) electrons. The quantitative estimate of drug-likeness (QED) is 0.311. The molecule has 0 saturated carbocycles. The fourth-order valence-corrected chi connectivity index (χ4v) is 0. The molecule has 0 aliphatic heterocycles. The minimum atomic E-state index is -0.250. The van der Waals surface area contributed by atoms with Gasteiger partial charge in [0, 0.05) is 19.5 Å². The van der Waals surface area contributed by atoms with Crippen LogP contribution in [-0.4, -0.2) is 44.4 Å². The van der Waals surface area contributed by atoms with Gasteiger partial charge in [-0.15, -0.1) is 0 Å². The third-order valence-electron chi connectivity index (χ3n) is 0. The van der Waals surface area contributed by atoms with Crippen molar-refractivity contribution in [3.63, 3.8) is 0 Å². The summed E-state index contributed by atoms with van der Waals surface area (Å²) in [6, 6.07) is 0. The van der Waals surface area contributed by atoms with Gasteiger partial charge in [0.1, 0.15) is 0 Å². The van der Waals surface area contributed by atoms with Crippen LogP contribution in [0.15, 0.2) is 0 Å². The van der Waals surface area contributed by atoms with E-state index in [0.717, 1.165) is 0 Å². The van der Waals surface area contributed by atoms with Gasteiger partial charge in [0.05, 0.1) is 0 Å². The second-order valence-corrected chi connectivity index (χ2v) is 0.105. The summed E-state index contributed by atoms with van der Waals surface area (Å²) in [6.07, 6.45) is 0. The maximum atomic E-state index is 8.36. The Labute approximate surface area is 69.5 Å². The number of carboxylic acid groups (broad SMARTS) is 1. The third-order valence-corrected chi connectivity index (χ3v) is 0. The molecule has 0 aromatic rings. The van der Waals surface area contributed by atoms with Crippen molar-refractivity contribution in [2.75, 3.05) is 0 Å². The van der Waals surface area contributed by atoms with Crippen LogP contribution < -0.4 is 0 Å². The first-order chi connectivity index (χ1) is 1.41. The summed E-state index contributed by atoms with van der Waals surface area (Å²) in [7, 11) is 0. The summed E-state index contributed by atoms with van der Waals surface area (Å²) in [5, 5.41) is 6.89. The summed E-state index contributed by atoms with van der Waals surface area (Å²) in [6.45, 7) is -0.250. The van der Waals surface area contributed by atoms with Gasteiger partial charge in [0.2, 0.25) is 0 Å². The van der Waals surface area contributed by atoms with Crippen LogP contribution in [0.1, 0.15) is 0 Å². The van der Waals surface area contributed by atoms with Crippen LogP contribution in [0, 0.1) is 0 Å². The van der Waals surface area contributed by atoms with Crippen LogP contribution in [0.4, 0.5) is 0 Å². The van der Waals surface area contributed by atoms with Crippen LogP contribution >= 0.6 is 0 Å². The minimum Gasteiger partial charge on any atom is -0.483 e. The van der Waals surface area contributed by atoms with Gasteiger partial charge in [-0.2, -0.15) is 0 Å². The van der Waals surface area contributed by atoms with E-state index in [0.29, 0.717) is 0 Å². The molecule has 0 unspecified atom stereocenters. The van der Waals surface area contributed by atoms with Crippen molar-refractivity contribution >= 4 is 6.47 Å². The molecule has 0 spiro atoms. The average Bonchev–Trinajstić information content (AvgIpc) is 0.918. The molecule has 0 aliphatic rings. The van der Waals surface area contributed by atoms with E-state index >= 15 is 0 Å². The zero-order valence-electron chi connectivity index (χ0n) is 5.14. The Morgan fingerprint density at radius 2 is 0.800 bits per heavy atom. The largest absolute Gasteiger partial charge is 0.483 e. The molecule has 0 aromatic heterocycles. The van der Waals surface area contributed by atoms with Crippen LogP contribution in [0.25, 0.3) is 0 Å². The van der Waals surface area contributed by atoms with Crippen LogP contribution in [0.2, 0.25) is 0 Å². The summed E-state index contributed by atoms with van der Waals surface area (Å²) >= 11 is 0. The maximum Gasteiger partial charge on any atom is 0.290 e. The Morgan fingerprint density at radius 3 is 0.800 bits per heavy atom. The predicted molar refractivity (Wildman–Crippen MR) is 30.4 cm³/mol. The molecule has 68 valence electrons. The van der Waals surface area contributed by atoms with E-state index in [-0.39, 0.29) is 58.8 Å². The molecular weight excluding hydrogens is 205 g/mol. The van der Waals surface area contributed by atoms with Crippen molar-refractivity contribution in [2.24, 2.45) is 0 Å². The van der Waals surface area contributed by atoms with Crippen molar-refractivity contribution in [3.8, 4) is 0 Å². The Kier molecular flexibility index (Phi) is 16900. The number of hydrogen-bond donors (Lipinski definition) is 1. The summed E-state index contributed by atoms with van der Waals surface area (Å²) < 4.78 is 0. The molecule has 8 nitrogen and oxygen atoms in total. The van der Waals surface area contributed by atoms with Crippen molar-refractivity contribution in [1.82, 2.24) is 0 Å². The molecule has 0 aliphatic carbocycles. The predicted octanol–water partition coefficient (Wildman–Crippen LogP) is -5.25. The Bertz CT molecular complexity index is 16.7. The molecule has 0 bridgehead atoms. The van der Waals surface area contributed by atoms with Gasteiger partial charge in [-0.05, 0) is 0 Å². The van der Waals surface area contributed by atoms with Crippen molar-refractivity contribution < 1.29 is 62.2 Å². The molecular formula is CH14O8Zn. The SMILES string of the molecule is O.O.O.O.O.O.O=CO.[Zn]. The fraction of sp³-hybridized carbons (Fsp3) is 0. The topological polar surface area (TPSA) is 226 Å². The maximum absolute atomic E-state index is 8.36. The second-order valence-electron chi connectivity index (χ2n) is 0.105. The van der Waals surface area contributed by atoms with E-state index in [1.165, 1.54) is 0 Å². The van der Waals surface area contributed by atoms with Gasteiger partial charge in [-0.3, -0.25) is 4.79 Å². The molecule has 0 amide bonds. The zero-order chi connectivity index (χ0) is 2.71. The second kappa shape index (κ2) is 750. The summed E-state index contributed by atoms with van der Waals surface area (Å²) in [4.78, 5) is 8.36. The number of carbonyl (C=O) groups is 1. The van der Waals surface area contributed by atoms with Crippen LogP contribution in [-0.2, 0) is 24.3 Å². The molecule has 13 N–H and O–H groups in total. The smallest absolute Gasteiger partial charge is 0.290 e. The van der Waals surface area contributed by atoms with Crippen molar-refractivity contribution in [3.05, 3.63) is 0 Å². The van der Waals surface area contributed by atoms with Crippen molar-refractivity contribution in [2.45, 2.75) is 0 Å². The number of hydrogen-bond acceptors (Lipinski definition) is 1. The van der Waals surface area contributed by atoms with E-state index in [9.17, 15) is 0 Å². The zero-order valence-corrected chi connectivity index (χ0v) is 8.11. The van der Waals surface area contributed by atoms with Crippen LogP contribution in [0.3, 0.4) is 0 Å². The molecule has 0 rings (SSSR count). The number of rotatable bonds is 0. The van der Waals surface area contributed by atoms with E-state index in [1.807, 2.05) is 0 Å². The minimum absolute atomic E-state index is 0. The molecule has 9 heteroatoms. The molecule has 0 fully saturated rings. The average molecular weight is 220 g/mol. The van der Waals surface area contributed by atoms with Gasteiger partial charge in [-0.1, -0.05) is 0 Å². The normalized spacial score (nSPS) is 1.20. The van der Waals surface area contributed by atoms with E-state index in [2.05, 4.69) is 0 Å². The molecule has 10 heavy (non-hydrogen) atoms. The Balaban J connectivity index is -0.000000000952. The van der Waals surface area contributed by atoms with Crippen molar-refractivity contribution in [1.29, 1.82) is 0 Å². The van der Waals surface area contributed by atoms with Gasteiger partial charge in [0.15, 0.2) is 0 Å². The molecule has 0 heterocycles. The summed E-state index contributed by atoms with van der Waals surface area (Å²) in [5.74, 6) is 0. The van der Waals surface area contributed by atoms with E-state index in [1.54, 1.807) is 0 Å². The fourth-order valence-electron chi connectivity index (χ4n) is 0. The Morgan fingerprint density at radius 1 is 0.800 bits per heavy atom. The van der Waals surface area contributed by atoms with E-state index < -0.39 is 0 Å². The van der Waals surface area contributed by atoms with Gasteiger partial charge < -0.3 is 38.0 Å². The van der Waals surface area contributed by atoms with Gasteiger partial charge >= 0.3 is 0 Å². The first kappa shape index (κ1) is 225. The Hall–Kier alpha value is -0.147.